The predicted octanol–water partition coefficient (Wildman–Crippen LogP) is 36.1. The number of unbranched alkanes of at least 4 members (excludes halogenated alkanes) is 8. The number of phenolic OH excluding ortho intramolecular Hbond substituents is 2. The van der Waals surface area contributed by atoms with E-state index >= 15 is 0 Å². The molecule has 0 bridgehead atoms. The number of ether oxygens (including phenoxy) is 9. The number of anilines is 6. The van der Waals surface area contributed by atoms with Crippen LogP contribution in [0.2, 0.25) is 0 Å². The van der Waals surface area contributed by atoms with Crippen molar-refractivity contribution in [3.05, 3.63) is 211 Å². The van der Waals surface area contributed by atoms with Crippen LogP contribution in [0.25, 0.3) is 44.5 Å². The lowest BCUT2D eigenvalue weighted by Gasteiger charge is -2.47. The maximum atomic E-state index is 12.8. The second kappa shape index (κ2) is 60.6. The summed E-state index contributed by atoms with van der Waals surface area (Å²) >= 11 is 0. The third-order valence-electron chi connectivity index (χ3n) is 30.8. The Hall–Kier alpha value is -10.5. The topological polar surface area (TPSA) is 170 Å². The van der Waals surface area contributed by atoms with Gasteiger partial charge in [0.25, 0.3) is 0 Å². The van der Waals surface area contributed by atoms with Gasteiger partial charge in [0.2, 0.25) is 0 Å². The maximum absolute atomic E-state index is 12.8. The van der Waals surface area contributed by atoms with Gasteiger partial charge in [-0.05, 0) is 218 Å². The first-order chi connectivity index (χ1) is 70.3. The van der Waals surface area contributed by atoms with E-state index in [1.54, 1.807) is 19.2 Å². The van der Waals surface area contributed by atoms with E-state index in [0.717, 1.165) is 307 Å². The summed E-state index contributed by atoms with van der Waals surface area (Å²) in [6.07, 6.45) is 32.7. The van der Waals surface area contributed by atoms with Gasteiger partial charge in [-0.2, -0.15) is 0 Å². The molecule has 0 spiro atoms. The normalized spacial score (nSPS) is 15.7. The summed E-state index contributed by atoms with van der Waals surface area (Å²) in [6, 6.07) is 67.8. The Morgan fingerprint density at radius 1 is 0.236 bits per heavy atom. The molecule has 10 unspecified atom stereocenters. The fourth-order valence-electron chi connectivity index (χ4n) is 20.5. The van der Waals surface area contributed by atoms with Crippen LogP contribution < -0.4 is 52.4 Å². The van der Waals surface area contributed by atoms with E-state index in [0.29, 0.717) is 140 Å². The molecule has 0 radical (unpaired) electrons. The Bertz CT molecular complexity index is 5050. The van der Waals surface area contributed by atoms with Crippen LogP contribution >= 0.6 is 0 Å². The molecule has 1 saturated carbocycles. The van der Waals surface area contributed by atoms with E-state index in [2.05, 4.69) is 272 Å². The van der Waals surface area contributed by atoms with E-state index in [1.165, 1.54) is 0 Å². The second-order valence-corrected chi connectivity index (χ2v) is 41.1. The van der Waals surface area contributed by atoms with Crippen LogP contribution in [-0.2, 0) is 0 Å². The van der Waals surface area contributed by atoms with Gasteiger partial charge in [0.15, 0.2) is 0 Å². The van der Waals surface area contributed by atoms with Crippen molar-refractivity contribution < 1.29 is 63.1 Å². The van der Waals surface area contributed by atoms with Gasteiger partial charge in [-0.3, -0.25) is 0 Å². The first-order valence-corrected chi connectivity index (χ1v) is 56.5. The summed E-state index contributed by atoms with van der Waals surface area (Å²) in [6.45, 7) is 40.7. The molecule has 15 heteroatoms. The molecule has 1 fully saturated rings. The molecule has 0 aromatic heterocycles. The summed E-state index contributed by atoms with van der Waals surface area (Å²) in [4.78, 5) is 4.27. The average Bonchev–Trinajstić information content (AvgIpc) is 0.727. The smallest absolute Gasteiger partial charge is 0.134 e. The molecule has 1 aliphatic carbocycles. The average molecular weight is 1970 g/mol. The molecule has 10 aromatic carbocycles. The second-order valence-electron chi connectivity index (χ2n) is 41.1. The number of aromatic hydroxyl groups is 2. The Labute approximate surface area is 868 Å². The van der Waals surface area contributed by atoms with Crippen LogP contribution in [0.3, 0.4) is 0 Å². The number of aliphatic hydroxyl groups is 2. The minimum absolute atomic E-state index is 0.0954. The van der Waals surface area contributed by atoms with Crippen LogP contribution in [0.5, 0.6) is 63.2 Å². The van der Waals surface area contributed by atoms with Gasteiger partial charge in [0, 0.05) is 81.4 Å². The molecule has 0 saturated heterocycles. The molecule has 10 atom stereocenters. The van der Waals surface area contributed by atoms with E-state index in [1.807, 2.05) is 36.4 Å². The molecule has 0 aliphatic heterocycles. The number of rotatable bonds is 69. The Morgan fingerprint density at radius 2 is 0.424 bits per heavy atom. The standard InChI is InChI=1S/C129H180N2O13/c1-18-34-45-91(26-9)83-137-114-53-42-54-115(138-84-92(27-10)46-35-19-2)122(114)99-59-67-103(68-60-99)130(104-69-61-100(62-70-104)123-116(139-85-93(28-11)47-36-20-3)55-43-56-117(123)140-86-94(29-12)48-37-21-4)107-75-77-110(112(132)79-107)126-128(134)127(129(126)135)111-78-76-108(80-113(111)133)131(105-71-63-101(64-72-105)124-118(141-87-95(30-13)49-38-22-5)57-44-58-119(124)142-88-96(31-14)50-39-23-6)106-73-65-102(66-74-106)125-120(143-89-97(32-15)51-40-24-7)81-109(136-17)82-121(125)144-90-98(33-16)52-41-25-8/h42-44,53-82,91-98,126-129,132-135H,18-41,45-52,83-90H2,1-17H3. The van der Waals surface area contributed by atoms with Crippen LogP contribution in [0.1, 0.15) is 339 Å². The summed E-state index contributed by atoms with van der Waals surface area (Å²) in [5.41, 5.74) is 12.6. The lowest BCUT2D eigenvalue weighted by Crippen LogP contribution is -2.51. The zero-order valence-electron chi connectivity index (χ0n) is 91.1. The third-order valence-corrected chi connectivity index (χ3v) is 30.8. The van der Waals surface area contributed by atoms with Gasteiger partial charge < -0.3 is 72.9 Å². The number of hydrogen-bond donors (Lipinski definition) is 4. The molecule has 144 heavy (non-hydrogen) atoms. The maximum Gasteiger partial charge on any atom is 0.134 e. The highest BCUT2D eigenvalue weighted by Gasteiger charge is 2.52. The number of aliphatic hydroxyl groups excluding tert-OH is 2. The highest BCUT2D eigenvalue weighted by molar-refractivity contribution is 5.87. The van der Waals surface area contributed by atoms with Gasteiger partial charge >= 0.3 is 0 Å². The van der Waals surface area contributed by atoms with E-state index < -0.39 is 24.0 Å². The monoisotopic (exact) mass is 1970 g/mol. The summed E-state index contributed by atoms with van der Waals surface area (Å²) in [7, 11) is 1.70. The number of phenols is 2. The SMILES string of the molecule is CCCCC(CC)COc1cccc(OCC(CC)CCCC)c1-c1ccc(N(c2ccc(-c3c(OCC(CC)CCCC)cccc3OCC(CC)CCCC)cc2)c2ccc(C3C(O)C(c4ccc(N(c5ccc(-c6c(OCC(CC)CCCC)cccc6OCC(CC)CCCC)cc5)c5ccc(-c6c(OCC(CC)CCCC)cc(OC)cc6OCC(CC)CCCC)cc5)cc4O)C3O)c(O)c2)cc1. The molecule has 0 heterocycles. The first-order valence-electron chi connectivity index (χ1n) is 56.5. The van der Waals surface area contributed by atoms with Crippen molar-refractivity contribution in [1.82, 2.24) is 0 Å². The predicted molar refractivity (Wildman–Crippen MR) is 602 cm³/mol. The van der Waals surface area contributed by atoms with Crippen LogP contribution in [0, 0.1) is 47.3 Å². The van der Waals surface area contributed by atoms with Gasteiger partial charge in [-0.1, -0.05) is 344 Å². The number of hydrogen-bond acceptors (Lipinski definition) is 15. The molecule has 1 aliphatic rings. The molecule has 10 aromatic rings. The van der Waals surface area contributed by atoms with E-state index in [4.69, 9.17) is 42.6 Å². The quantitative estimate of drug-likeness (QED) is 0.0284. The Balaban J connectivity index is 0.990. The minimum atomic E-state index is -1.22. The molecule has 4 N–H and O–H groups in total. The fourth-order valence-corrected chi connectivity index (χ4v) is 20.5. The van der Waals surface area contributed by atoms with Crippen molar-refractivity contribution in [2.75, 3.05) is 69.8 Å². The molecule has 784 valence electrons. The van der Waals surface area contributed by atoms with Gasteiger partial charge in [0.1, 0.15) is 63.2 Å². The molecular formula is C129H180N2O13. The Morgan fingerprint density at radius 3 is 0.604 bits per heavy atom. The van der Waals surface area contributed by atoms with Gasteiger partial charge in [-0.25, -0.2) is 0 Å². The third kappa shape index (κ3) is 31.3. The number of methoxy groups -OCH3 is 1. The molecule has 11 rings (SSSR count). The first kappa shape index (κ1) is 114. The fraction of sp³-hybridized carbons (Fsp3) is 0.535. The highest BCUT2D eigenvalue weighted by Crippen LogP contribution is 2.56. The van der Waals surface area contributed by atoms with Crippen molar-refractivity contribution in [1.29, 1.82) is 0 Å². The van der Waals surface area contributed by atoms with Crippen LogP contribution in [0.15, 0.2) is 200 Å². The zero-order valence-corrected chi connectivity index (χ0v) is 91.1. The van der Waals surface area contributed by atoms with Crippen molar-refractivity contribution >= 4 is 34.1 Å². The van der Waals surface area contributed by atoms with Crippen molar-refractivity contribution in [2.24, 2.45) is 47.3 Å². The molecule has 0 amide bonds. The van der Waals surface area contributed by atoms with Gasteiger partial charge in [0.05, 0.1) is 94.4 Å². The minimum Gasteiger partial charge on any atom is -0.508 e. The van der Waals surface area contributed by atoms with E-state index in [-0.39, 0.29) is 11.5 Å². The van der Waals surface area contributed by atoms with Crippen molar-refractivity contribution in [3.8, 4) is 108 Å². The van der Waals surface area contributed by atoms with Crippen molar-refractivity contribution in [3.63, 3.8) is 0 Å². The summed E-state index contributed by atoms with van der Waals surface area (Å²) in [5, 5.41) is 51.3. The Kier molecular flexibility index (Phi) is 47.9. The summed E-state index contributed by atoms with van der Waals surface area (Å²) < 4.78 is 61.5. The molecule has 15 nitrogen and oxygen atoms in total. The van der Waals surface area contributed by atoms with Crippen LogP contribution in [-0.4, -0.2) is 92.6 Å². The van der Waals surface area contributed by atoms with Gasteiger partial charge in [-0.15, -0.1) is 0 Å². The lowest BCUT2D eigenvalue weighted by molar-refractivity contribution is -0.0797. The van der Waals surface area contributed by atoms with Crippen LogP contribution in [0.4, 0.5) is 34.1 Å². The molecular weight excluding hydrogens is 1790 g/mol. The van der Waals surface area contributed by atoms with Crippen molar-refractivity contribution in [2.45, 2.75) is 340 Å². The lowest BCUT2D eigenvalue weighted by atomic mass is 9.63. The number of nitrogens with zero attached hydrogens (tertiary/aromatic N) is 2. The summed E-state index contributed by atoms with van der Waals surface area (Å²) in [5.74, 6) is 7.93. The highest BCUT2D eigenvalue weighted by atomic mass is 16.5. The largest absolute Gasteiger partial charge is 0.508 e. The number of benzene rings is 10. The zero-order chi connectivity index (χ0) is 103. The van der Waals surface area contributed by atoms with E-state index in [9.17, 15) is 20.4 Å².